The Bertz CT molecular complexity index is 817. The van der Waals surface area contributed by atoms with Crippen LogP contribution in [0, 0.1) is 12.8 Å². The first kappa shape index (κ1) is 18.6. The van der Waals surface area contributed by atoms with E-state index in [9.17, 15) is 9.59 Å². The SMILES string of the molecule is Cc1cccc(N2CCN(C(=O)C3CCN(C(=O)c4ccoc4)CC3)CC2)c1. The van der Waals surface area contributed by atoms with Crippen LogP contribution in [-0.4, -0.2) is 60.9 Å². The van der Waals surface area contributed by atoms with Gasteiger partial charge in [-0.1, -0.05) is 12.1 Å². The Hall–Kier alpha value is -2.76. The lowest BCUT2D eigenvalue weighted by Gasteiger charge is -2.39. The number of piperazine rings is 1. The van der Waals surface area contributed by atoms with Gasteiger partial charge in [-0.2, -0.15) is 0 Å². The Labute approximate surface area is 165 Å². The maximum Gasteiger partial charge on any atom is 0.257 e. The molecule has 2 aliphatic heterocycles. The van der Waals surface area contributed by atoms with Crippen molar-refractivity contribution in [3.63, 3.8) is 0 Å². The molecule has 1 aromatic carbocycles. The number of rotatable bonds is 3. The summed E-state index contributed by atoms with van der Waals surface area (Å²) in [5.74, 6) is 0.268. The van der Waals surface area contributed by atoms with Gasteiger partial charge in [0.05, 0.1) is 11.8 Å². The highest BCUT2D eigenvalue weighted by molar-refractivity contribution is 5.94. The molecule has 4 rings (SSSR count). The second kappa shape index (κ2) is 8.09. The zero-order valence-electron chi connectivity index (χ0n) is 16.3. The molecule has 1 aromatic heterocycles. The molecule has 0 spiro atoms. The number of hydrogen-bond donors (Lipinski definition) is 0. The highest BCUT2D eigenvalue weighted by Gasteiger charge is 2.32. The van der Waals surface area contributed by atoms with Crippen LogP contribution in [0.25, 0.3) is 0 Å². The van der Waals surface area contributed by atoms with Gasteiger partial charge in [0.25, 0.3) is 5.91 Å². The van der Waals surface area contributed by atoms with Gasteiger partial charge >= 0.3 is 0 Å². The summed E-state index contributed by atoms with van der Waals surface area (Å²) in [6.45, 7) is 6.63. The van der Waals surface area contributed by atoms with E-state index >= 15 is 0 Å². The quantitative estimate of drug-likeness (QED) is 0.820. The molecule has 0 unspecified atom stereocenters. The standard InChI is InChI=1S/C22H27N3O3/c1-17-3-2-4-20(15-17)23-10-12-25(13-11-23)21(26)18-5-8-24(9-6-18)22(27)19-7-14-28-16-19/h2-4,7,14-16,18H,5-6,8-13H2,1H3. The summed E-state index contributed by atoms with van der Waals surface area (Å²) >= 11 is 0. The van der Waals surface area contributed by atoms with Gasteiger partial charge in [-0.3, -0.25) is 9.59 Å². The van der Waals surface area contributed by atoms with E-state index in [-0.39, 0.29) is 17.7 Å². The largest absolute Gasteiger partial charge is 0.472 e. The van der Waals surface area contributed by atoms with Crippen molar-refractivity contribution in [1.29, 1.82) is 0 Å². The lowest BCUT2D eigenvalue weighted by molar-refractivity contribution is -0.137. The molecule has 2 aliphatic rings. The summed E-state index contributed by atoms with van der Waals surface area (Å²) in [6.07, 6.45) is 4.47. The average molecular weight is 381 g/mol. The van der Waals surface area contributed by atoms with Crippen molar-refractivity contribution < 1.29 is 14.0 Å². The van der Waals surface area contributed by atoms with E-state index < -0.39 is 0 Å². The molecule has 2 fully saturated rings. The van der Waals surface area contributed by atoms with Crippen molar-refractivity contribution in [1.82, 2.24) is 9.80 Å². The third kappa shape index (κ3) is 3.91. The summed E-state index contributed by atoms with van der Waals surface area (Å²) in [5.41, 5.74) is 3.07. The lowest BCUT2D eigenvalue weighted by atomic mass is 9.94. The van der Waals surface area contributed by atoms with Crippen molar-refractivity contribution >= 4 is 17.5 Å². The van der Waals surface area contributed by atoms with Gasteiger partial charge in [-0.15, -0.1) is 0 Å². The molecule has 0 saturated carbocycles. The van der Waals surface area contributed by atoms with Crippen LogP contribution < -0.4 is 4.90 Å². The summed E-state index contributed by atoms with van der Waals surface area (Å²) < 4.78 is 5.00. The van der Waals surface area contributed by atoms with Gasteiger partial charge in [0.1, 0.15) is 6.26 Å². The minimum atomic E-state index is -0.00795. The van der Waals surface area contributed by atoms with Crippen molar-refractivity contribution in [2.75, 3.05) is 44.2 Å². The Kier molecular flexibility index (Phi) is 5.37. The molecule has 0 radical (unpaired) electrons. The Balaban J connectivity index is 1.27. The van der Waals surface area contributed by atoms with Crippen LogP contribution in [0.5, 0.6) is 0 Å². The number of piperidine rings is 1. The number of anilines is 1. The molecule has 6 nitrogen and oxygen atoms in total. The van der Waals surface area contributed by atoms with E-state index in [2.05, 4.69) is 36.1 Å². The number of hydrogen-bond acceptors (Lipinski definition) is 4. The van der Waals surface area contributed by atoms with Crippen LogP contribution in [0.4, 0.5) is 5.69 Å². The molecule has 2 amide bonds. The van der Waals surface area contributed by atoms with Crippen molar-refractivity contribution in [3.8, 4) is 0 Å². The fourth-order valence-electron chi connectivity index (χ4n) is 4.17. The number of likely N-dealkylation sites (tertiary alicyclic amines) is 1. The predicted molar refractivity (Wildman–Crippen MR) is 107 cm³/mol. The molecule has 28 heavy (non-hydrogen) atoms. The van der Waals surface area contributed by atoms with Crippen molar-refractivity contribution in [2.24, 2.45) is 5.92 Å². The van der Waals surface area contributed by atoms with Crippen molar-refractivity contribution in [2.45, 2.75) is 19.8 Å². The smallest absolute Gasteiger partial charge is 0.257 e. The number of aryl methyl sites for hydroxylation is 1. The Morgan fingerprint density at radius 2 is 1.71 bits per heavy atom. The molecule has 2 aromatic rings. The molecule has 0 atom stereocenters. The first-order valence-electron chi connectivity index (χ1n) is 10.0. The van der Waals surface area contributed by atoms with Gasteiger partial charge in [0.2, 0.25) is 5.91 Å². The predicted octanol–water partition coefficient (Wildman–Crippen LogP) is 2.79. The second-order valence-electron chi connectivity index (χ2n) is 7.73. The topological polar surface area (TPSA) is 57.0 Å². The number of carbonyl (C=O) groups is 2. The third-order valence-corrected chi connectivity index (χ3v) is 5.86. The average Bonchev–Trinajstić information content (AvgIpc) is 3.28. The van der Waals surface area contributed by atoms with E-state index in [0.29, 0.717) is 18.7 Å². The van der Waals surface area contributed by atoms with E-state index in [1.165, 1.54) is 23.8 Å². The number of nitrogens with zero attached hydrogens (tertiary/aromatic N) is 3. The van der Waals surface area contributed by atoms with Crippen LogP contribution in [0.1, 0.15) is 28.8 Å². The zero-order chi connectivity index (χ0) is 19.5. The highest BCUT2D eigenvalue weighted by Crippen LogP contribution is 2.23. The van der Waals surface area contributed by atoms with Crippen LogP contribution in [0.15, 0.2) is 47.3 Å². The monoisotopic (exact) mass is 381 g/mol. The number of amides is 2. The van der Waals surface area contributed by atoms with Gasteiger partial charge in [-0.25, -0.2) is 0 Å². The van der Waals surface area contributed by atoms with Gasteiger partial charge in [-0.05, 0) is 43.5 Å². The highest BCUT2D eigenvalue weighted by atomic mass is 16.3. The van der Waals surface area contributed by atoms with Crippen LogP contribution in [0.2, 0.25) is 0 Å². The third-order valence-electron chi connectivity index (χ3n) is 5.86. The molecular weight excluding hydrogens is 354 g/mol. The first-order valence-corrected chi connectivity index (χ1v) is 10.0. The normalized spacial score (nSPS) is 18.4. The lowest BCUT2D eigenvalue weighted by Crippen LogP contribution is -2.52. The van der Waals surface area contributed by atoms with E-state index in [1.54, 1.807) is 6.07 Å². The zero-order valence-corrected chi connectivity index (χ0v) is 16.3. The minimum absolute atomic E-state index is 0.00795. The molecule has 148 valence electrons. The molecule has 0 aliphatic carbocycles. The molecule has 0 N–H and O–H groups in total. The molecular formula is C22H27N3O3. The fourth-order valence-corrected chi connectivity index (χ4v) is 4.17. The molecule has 3 heterocycles. The van der Waals surface area contributed by atoms with Crippen LogP contribution in [0.3, 0.4) is 0 Å². The second-order valence-corrected chi connectivity index (χ2v) is 7.73. The maximum absolute atomic E-state index is 12.9. The molecule has 2 saturated heterocycles. The van der Waals surface area contributed by atoms with Crippen LogP contribution in [-0.2, 0) is 4.79 Å². The van der Waals surface area contributed by atoms with Crippen LogP contribution >= 0.6 is 0 Å². The van der Waals surface area contributed by atoms with Gasteiger partial charge in [0, 0.05) is 50.9 Å². The first-order chi connectivity index (χ1) is 13.6. The molecule has 0 bridgehead atoms. The summed E-state index contributed by atoms with van der Waals surface area (Å²) in [7, 11) is 0. The Morgan fingerprint density at radius 1 is 0.964 bits per heavy atom. The van der Waals surface area contributed by atoms with Crippen molar-refractivity contribution in [3.05, 3.63) is 54.0 Å². The van der Waals surface area contributed by atoms with E-state index in [0.717, 1.165) is 39.0 Å². The summed E-state index contributed by atoms with van der Waals surface area (Å²) in [6, 6.07) is 10.2. The Morgan fingerprint density at radius 3 is 2.36 bits per heavy atom. The molecule has 6 heteroatoms. The van der Waals surface area contributed by atoms with Gasteiger partial charge in [0.15, 0.2) is 0 Å². The van der Waals surface area contributed by atoms with E-state index in [4.69, 9.17) is 4.42 Å². The maximum atomic E-state index is 12.9. The van der Waals surface area contributed by atoms with E-state index in [1.807, 2.05) is 9.80 Å². The number of carbonyl (C=O) groups excluding carboxylic acids is 2. The number of furan rings is 1. The minimum Gasteiger partial charge on any atom is -0.472 e. The fraction of sp³-hybridized carbons (Fsp3) is 0.455. The number of benzene rings is 1. The van der Waals surface area contributed by atoms with Gasteiger partial charge < -0.3 is 19.1 Å². The summed E-state index contributed by atoms with van der Waals surface area (Å²) in [4.78, 5) is 31.5. The summed E-state index contributed by atoms with van der Waals surface area (Å²) in [5, 5.41) is 0.